The molecular formula is C22H28N4O2. The van der Waals surface area contributed by atoms with E-state index in [-0.39, 0.29) is 6.03 Å². The van der Waals surface area contributed by atoms with Crippen LogP contribution in [0.3, 0.4) is 0 Å². The SMILES string of the molecule is CCCn1c(-c2ccc(NC(=O)NCC)cc2)c(N)c2ccc(OCC)cc21. The van der Waals surface area contributed by atoms with Gasteiger partial charge in [0.05, 0.1) is 23.5 Å². The highest BCUT2D eigenvalue weighted by Gasteiger charge is 2.17. The molecule has 4 N–H and O–H groups in total. The standard InChI is InChI=1S/C22H28N4O2/c1-4-13-26-19-14-17(28-6-3)11-12-18(19)20(23)21(26)15-7-9-16(10-8-15)25-22(27)24-5-2/h7-12,14H,4-6,13,23H2,1-3H3,(H2,24,25,27). The Morgan fingerprint density at radius 1 is 1.11 bits per heavy atom. The predicted octanol–water partition coefficient (Wildman–Crippen LogP) is 4.84. The first kappa shape index (κ1) is 19.6. The molecule has 2 amide bonds. The van der Waals surface area contributed by atoms with Crippen molar-refractivity contribution in [2.75, 3.05) is 24.2 Å². The molecule has 148 valence electrons. The number of rotatable bonds is 7. The number of hydrogen-bond donors (Lipinski definition) is 3. The number of ether oxygens (including phenoxy) is 1. The van der Waals surface area contributed by atoms with Crippen LogP contribution in [0.1, 0.15) is 27.2 Å². The van der Waals surface area contributed by atoms with Gasteiger partial charge in [0.1, 0.15) is 5.75 Å². The molecule has 0 aliphatic rings. The van der Waals surface area contributed by atoms with Crippen molar-refractivity contribution in [1.29, 1.82) is 0 Å². The van der Waals surface area contributed by atoms with Crippen molar-refractivity contribution in [3.05, 3.63) is 42.5 Å². The molecule has 0 fully saturated rings. The number of hydrogen-bond acceptors (Lipinski definition) is 3. The number of carbonyl (C=O) groups is 1. The smallest absolute Gasteiger partial charge is 0.319 e. The van der Waals surface area contributed by atoms with Gasteiger partial charge in [-0.25, -0.2) is 4.79 Å². The average Bonchev–Trinajstić information content (AvgIpc) is 2.95. The van der Waals surface area contributed by atoms with Crippen LogP contribution in [-0.2, 0) is 6.54 Å². The second kappa shape index (κ2) is 8.69. The van der Waals surface area contributed by atoms with Crippen LogP contribution in [-0.4, -0.2) is 23.7 Å². The van der Waals surface area contributed by atoms with Crippen LogP contribution in [0, 0.1) is 0 Å². The van der Waals surface area contributed by atoms with Gasteiger partial charge < -0.3 is 25.7 Å². The third kappa shape index (κ3) is 3.91. The third-order valence-electron chi connectivity index (χ3n) is 4.59. The van der Waals surface area contributed by atoms with E-state index < -0.39 is 0 Å². The molecule has 3 aromatic rings. The topological polar surface area (TPSA) is 81.3 Å². The van der Waals surface area contributed by atoms with Gasteiger partial charge >= 0.3 is 6.03 Å². The Morgan fingerprint density at radius 2 is 1.86 bits per heavy atom. The Hall–Kier alpha value is -3.15. The molecule has 28 heavy (non-hydrogen) atoms. The van der Waals surface area contributed by atoms with E-state index in [1.165, 1.54) is 0 Å². The van der Waals surface area contributed by atoms with Gasteiger partial charge in [-0.05, 0) is 44.5 Å². The van der Waals surface area contributed by atoms with Crippen molar-refractivity contribution in [3.8, 4) is 17.0 Å². The number of carbonyl (C=O) groups excluding carboxylic acids is 1. The Morgan fingerprint density at radius 3 is 2.50 bits per heavy atom. The molecule has 0 spiro atoms. The maximum atomic E-state index is 11.7. The summed E-state index contributed by atoms with van der Waals surface area (Å²) in [5, 5.41) is 6.57. The molecule has 1 heterocycles. The molecule has 0 saturated heterocycles. The van der Waals surface area contributed by atoms with Crippen molar-refractivity contribution >= 4 is 28.3 Å². The number of urea groups is 1. The number of nitrogens with zero attached hydrogens (tertiary/aromatic N) is 1. The number of aryl methyl sites for hydroxylation is 1. The van der Waals surface area contributed by atoms with Gasteiger partial charge in [-0.15, -0.1) is 0 Å². The summed E-state index contributed by atoms with van der Waals surface area (Å²) >= 11 is 0. The largest absolute Gasteiger partial charge is 0.494 e. The molecule has 3 rings (SSSR count). The van der Waals surface area contributed by atoms with E-state index in [1.54, 1.807) is 0 Å². The minimum Gasteiger partial charge on any atom is -0.494 e. The van der Waals surface area contributed by atoms with Crippen LogP contribution >= 0.6 is 0 Å². The lowest BCUT2D eigenvalue weighted by Crippen LogP contribution is -2.28. The first-order valence-electron chi connectivity index (χ1n) is 9.78. The first-order valence-corrected chi connectivity index (χ1v) is 9.78. The molecule has 0 unspecified atom stereocenters. The Kier molecular flexibility index (Phi) is 6.09. The molecule has 6 nitrogen and oxygen atoms in total. The predicted molar refractivity (Wildman–Crippen MR) is 116 cm³/mol. The zero-order valence-electron chi connectivity index (χ0n) is 16.7. The number of benzene rings is 2. The summed E-state index contributed by atoms with van der Waals surface area (Å²) in [6, 6.07) is 13.6. The van der Waals surface area contributed by atoms with Crippen LogP contribution < -0.4 is 21.1 Å². The minimum atomic E-state index is -0.210. The minimum absolute atomic E-state index is 0.210. The van der Waals surface area contributed by atoms with E-state index in [9.17, 15) is 4.79 Å². The second-order valence-corrected chi connectivity index (χ2v) is 6.59. The zero-order valence-corrected chi connectivity index (χ0v) is 16.7. The molecule has 0 aliphatic heterocycles. The van der Waals surface area contributed by atoms with Crippen LogP contribution in [0.25, 0.3) is 22.2 Å². The summed E-state index contributed by atoms with van der Waals surface area (Å²) in [6.45, 7) is 8.08. The fourth-order valence-electron chi connectivity index (χ4n) is 3.43. The lowest BCUT2D eigenvalue weighted by molar-refractivity contribution is 0.252. The fourth-order valence-corrected chi connectivity index (χ4v) is 3.43. The van der Waals surface area contributed by atoms with E-state index in [2.05, 4.69) is 28.2 Å². The number of fused-ring (bicyclic) bond motifs is 1. The van der Waals surface area contributed by atoms with E-state index in [0.717, 1.165) is 52.3 Å². The van der Waals surface area contributed by atoms with Gasteiger partial charge in [-0.3, -0.25) is 0 Å². The number of anilines is 2. The first-order chi connectivity index (χ1) is 13.6. The number of aromatic nitrogens is 1. The Labute approximate surface area is 165 Å². The van der Waals surface area contributed by atoms with Crippen molar-refractivity contribution < 1.29 is 9.53 Å². The van der Waals surface area contributed by atoms with Crippen molar-refractivity contribution in [3.63, 3.8) is 0 Å². The molecule has 0 atom stereocenters. The summed E-state index contributed by atoms with van der Waals surface area (Å²) in [5.41, 5.74) is 11.1. The molecule has 6 heteroatoms. The van der Waals surface area contributed by atoms with Crippen LogP contribution in [0.15, 0.2) is 42.5 Å². The molecule has 1 aromatic heterocycles. The molecule has 0 bridgehead atoms. The summed E-state index contributed by atoms with van der Waals surface area (Å²) < 4.78 is 7.92. The van der Waals surface area contributed by atoms with E-state index >= 15 is 0 Å². The van der Waals surface area contributed by atoms with Gasteiger partial charge in [0.25, 0.3) is 0 Å². The van der Waals surface area contributed by atoms with Crippen LogP contribution in [0.4, 0.5) is 16.2 Å². The Bertz CT molecular complexity index is 961. The average molecular weight is 380 g/mol. The fraction of sp³-hybridized carbons (Fsp3) is 0.318. The maximum Gasteiger partial charge on any atom is 0.319 e. The Balaban J connectivity index is 2.02. The van der Waals surface area contributed by atoms with Crippen molar-refractivity contribution in [2.45, 2.75) is 33.7 Å². The molecule has 0 radical (unpaired) electrons. The van der Waals surface area contributed by atoms with E-state index in [4.69, 9.17) is 10.5 Å². The maximum absolute atomic E-state index is 11.7. The highest BCUT2D eigenvalue weighted by molar-refractivity contribution is 6.01. The third-order valence-corrected chi connectivity index (χ3v) is 4.59. The van der Waals surface area contributed by atoms with E-state index in [0.29, 0.717) is 13.2 Å². The normalized spacial score (nSPS) is 10.8. The lowest BCUT2D eigenvalue weighted by atomic mass is 10.1. The summed E-state index contributed by atoms with van der Waals surface area (Å²) in [5.74, 6) is 0.845. The van der Waals surface area contributed by atoms with E-state index in [1.807, 2.05) is 50.2 Å². The molecule has 2 aromatic carbocycles. The summed E-state index contributed by atoms with van der Waals surface area (Å²) in [7, 11) is 0. The molecule has 0 aliphatic carbocycles. The summed E-state index contributed by atoms with van der Waals surface area (Å²) in [6.07, 6.45) is 0.992. The van der Waals surface area contributed by atoms with Crippen LogP contribution in [0.2, 0.25) is 0 Å². The highest BCUT2D eigenvalue weighted by Crippen LogP contribution is 2.38. The molecule has 0 saturated carbocycles. The zero-order chi connectivity index (χ0) is 20.1. The second-order valence-electron chi connectivity index (χ2n) is 6.59. The van der Waals surface area contributed by atoms with Gasteiger partial charge in [0.15, 0.2) is 0 Å². The van der Waals surface area contributed by atoms with Gasteiger partial charge in [0, 0.05) is 35.8 Å². The van der Waals surface area contributed by atoms with Crippen LogP contribution in [0.5, 0.6) is 5.75 Å². The number of nitrogens with two attached hydrogens (primary N) is 1. The van der Waals surface area contributed by atoms with Gasteiger partial charge in [0.2, 0.25) is 0 Å². The van der Waals surface area contributed by atoms with Crippen molar-refractivity contribution in [2.24, 2.45) is 0 Å². The monoisotopic (exact) mass is 380 g/mol. The number of nitrogen functional groups attached to an aromatic ring is 1. The summed E-state index contributed by atoms with van der Waals surface area (Å²) in [4.78, 5) is 11.7. The number of nitrogens with one attached hydrogen (secondary N) is 2. The quantitative estimate of drug-likeness (QED) is 0.548. The lowest BCUT2D eigenvalue weighted by Gasteiger charge is -2.12. The van der Waals surface area contributed by atoms with Gasteiger partial charge in [-0.1, -0.05) is 19.1 Å². The van der Waals surface area contributed by atoms with Crippen molar-refractivity contribution in [1.82, 2.24) is 9.88 Å². The molecular weight excluding hydrogens is 352 g/mol. The number of amides is 2. The van der Waals surface area contributed by atoms with Gasteiger partial charge in [-0.2, -0.15) is 0 Å². The highest BCUT2D eigenvalue weighted by atomic mass is 16.5.